The predicted molar refractivity (Wildman–Crippen MR) is 105 cm³/mol. The molecule has 132 valence electrons. The summed E-state index contributed by atoms with van der Waals surface area (Å²) in [5.74, 6) is 0.550. The smallest absolute Gasteiger partial charge is 0.243 e. The Morgan fingerprint density at radius 2 is 1.96 bits per heavy atom. The van der Waals surface area contributed by atoms with E-state index in [9.17, 15) is 4.79 Å². The number of likely N-dealkylation sites (N-methyl/N-ethyl adjacent to an activating group) is 1. The van der Waals surface area contributed by atoms with Crippen molar-refractivity contribution in [3.05, 3.63) is 60.7 Å². The average Bonchev–Trinajstić information content (AvgIpc) is 2.62. The highest BCUT2D eigenvalue weighted by atomic mass is 16.2. The van der Waals surface area contributed by atoms with E-state index in [1.54, 1.807) is 20.2 Å². The normalized spacial score (nSPS) is 12.5. The molecule has 0 aliphatic carbocycles. The monoisotopic (exact) mass is 338 g/mol. The molecule has 2 N–H and O–H groups in total. The van der Waals surface area contributed by atoms with Gasteiger partial charge in [0.2, 0.25) is 5.91 Å². The molecule has 0 aromatic heterocycles. The van der Waals surface area contributed by atoms with Crippen LogP contribution in [0, 0.1) is 0 Å². The molecule has 1 unspecified atom stereocenters. The fourth-order valence-electron chi connectivity index (χ4n) is 2.38. The van der Waals surface area contributed by atoms with Crippen molar-refractivity contribution in [1.29, 1.82) is 0 Å². The van der Waals surface area contributed by atoms with Gasteiger partial charge in [-0.1, -0.05) is 42.5 Å². The number of guanidine groups is 1. The predicted octanol–water partition coefficient (Wildman–Crippen LogP) is 2.71. The molecule has 0 bridgehead atoms. The maximum absolute atomic E-state index is 11.8. The van der Waals surface area contributed by atoms with Crippen molar-refractivity contribution in [2.75, 3.05) is 27.2 Å². The second-order valence-electron chi connectivity index (χ2n) is 6.10. The highest BCUT2D eigenvalue weighted by Crippen LogP contribution is 2.20. The summed E-state index contributed by atoms with van der Waals surface area (Å²) in [6.45, 7) is 6.46. The fraction of sp³-hybridized carbons (Fsp3) is 0.300. The van der Waals surface area contributed by atoms with Crippen LogP contribution in [0.3, 0.4) is 0 Å². The van der Waals surface area contributed by atoms with Crippen LogP contribution in [0.4, 0.5) is 0 Å². The highest BCUT2D eigenvalue weighted by Gasteiger charge is 2.10. The van der Waals surface area contributed by atoms with Crippen molar-refractivity contribution in [3.63, 3.8) is 0 Å². The number of carbonyl (C=O) groups excluding carboxylic acids is 1. The van der Waals surface area contributed by atoms with Gasteiger partial charge in [0.15, 0.2) is 5.96 Å². The SMILES string of the molecule is C=CCNC(=NCC(=O)N(C)C)NC(C)c1ccc2ccccc2c1. The van der Waals surface area contributed by atoms with Crippen molar-refractivity contribution in [1.82, 2.24) is 15.5 Å². The minimum Gasteiger partial charge on any atom is -0.353 e. The Bertz CT molecular complexity index is 767. The Hall–Kier alpha value is -2.82. The number of nitrogens with one attached hydrogen (secondary N) is 2. The first-order chi connectivity index (χ1) is 12.0. The zero-order valence-corrected chi connectivity index (χ0v) is 15.1. The zero-order valence-electron chi connectivity index (χ0n) is 15.1. The lowest BCUT2D eigenvalue weighted by atomic mass is 10.0. The van der Waals surface area contributed by atoms with Crippen LogP contribution >= 0.6 is 0 Å². The van der Waals surface area contributed by atoms with Gasteiger partial charge in [-0.15, -0.1) is 6.58 Å². The van der Waals surface area contributed by atoms with E-state index in [0.29, 0.717) is 12.5 Å². The summed E-state index contributed by atoms with van der Waals surface area (Å²) in [6.07, 6.45) is 1.76. The number of rotatable bonds is 6. The van der Waals surface area contributed by atoms with Gasteiger partial charge in [-0.25, -0.2) is 4.99 Å². The van der Waals surface area contributed by atoms with Gasteiger partial charge in [-0.3, -0.25) is 4.79 Å². The fourth-order valence-corrected chi connectivity index (χ4v) is 2.38. The lowest BCUT2D eigenvalue weighted by Crippen LogP contribution is -2.39. The summed E-state index contributed by atoms with van der Waals surface area (Å²) < 4.78 is 0. The molecule has 0 radical (unpaired) electrons. The lowest BCUT2D eigenvalue weighted by molar-refractivity contribution is -0.127. The third kappa shape index (κ3) is 5.35. The van der Waals surface area contributed by atoms with E-state index >= 15 is 0 Å². The molecule has 2 aromatic carbocycles. The topological polar surface area (TPSA) is 56.7 Å². The average molecular weight is 338 g/mol. The van der Waals surface area contributed by atoms with Crippen molar-refractivity contribution in [2.45, 2.75) is 13.0 Å². The van der Waals surface area contributed by atoms with Crippen molar-refractivity contribution in [3.8, 4) is 0 Å². The molecule has 1 amide bonds. The van der Waals surface area contributed by atoms with Crippen LogP contribution in [0.25, 0.3) is 10.8 Å². The number of aliphatic imine (C=N–C) groups is 1. The molecular formula is C20H26N4O. The third-order valence-electron chi connectivity index (χ3n) is 3.91. The molecular weight excluding hydrogens is 312 g/mol. The van der Waals surface area contributed by atoms with E-state index in [2.05, 4.69) is 59.5 Å². The molecule has 0 saturated carbocycles. The second-order valence-corrected chi connectivity index (χ2v) is 6.10. The number of fused-ring (bicyclic) bond motifs is 1. The molecule has 0 fully saturated rings. The molecule has 0 heterocycles. The van der Waals surface area contributed by atoms with Crippen LogP contribution in [0.2, 0.25) is 0 Å². The molecule has 5 nitrogen and oxygen atoms in total. The van der Waals surface area contributed by atoms with Crippen LogP contribution < -0.4 is 10.6 Å². The minimum absolute atomic E-state index is 0.0435. The third-order valence-corrected chi connectivity index (χ3v) is 3.91. The van der Waals surface area contributed by atoms with Gasteiger partial charge in [0.25, 0.3) is 0 Å². The van der Waals surface area contributed by atoms with E-state index < -0.39 is 0 Å². The highest BCUT2D eigenvalue weighted by molar-refractivity contribution is 5.86. The van der Waals surface area contributed by atoms with Crippen LogP contribution in [-0.4, -0.2) is 44.0 Å². The van der Waals surface area contributed by atoms with Gasteiger partial charge in [0.05, 0.1) is 6.04 Å². The molecule has 5 heteroatoms. The summed E-state index contributed by atoms with van der Waals surface area (Å²) in [5.41, 5.74) is 1.16. The number of amides is 1. The van der Waals surface area contributed by atoms with E-state index in [4.69, 9.17) is 0 Å². The quantitative estimate of drug-likeness (QED) is 0.484. The summed E-state index contributed by atoms with van der Waals surface area (Å²) >= 11 is 0. The standard InChI is InChI=1S/C20H26N4O/c1-5-12-21-20(22-14-19(25)24(3)4)23-15(2)17-11-10-16-8-6-7-9-18(16)13-17/h5-11,13,15H,1,12,14H2,2-4H3,(H2,21,22,23). The Labute approximate surface area is 149 Å². The molecule has 0 saturated heterocycles. The number of hydrogen-bond acceptors (Lipinski definition) is 2. The summed E-state index contributed by atoms with van der Waals surface area (Å²) in [5, 5.41) is 8.92. The Morgan fingerprint density at radius 3 is 2.64 bits per heavy atom. The van der Waals surface area contributed by atoms with Crippen LogP contribution in [0.5, 0.6) is 0 Å². The van der Waals surface area contributed by atoms with Gasteiger partial charge in [0, 0.05) is 20.6 Å². The number of carbonyl (C=O) groups is 1. The first-order valence-corrected chi connectivity index (χ1v) is 8.36. The second kappa shape index (κ2) is 8.87. The molecule has 1 atom stereocenters. The zero-order chi connectivity index (χ0) is 18.2. The Morgan fingerprint density at radius 1 is 1.24 bits per heavy atom. The van der Waals surface area contributed by atoms with Gasteiger partial charge >= 0.3 is 0 Å². The molecule has 25 heavy (non-hydrogen) atoms. The van der Waals surface area contributed by atoms with E-state index in [-0.39, 0.29) is 18.5 Å². The van der Waals surface area contributed by atoms with Gasteiger partial charge < -0.3 is 15.5 Å². The Kier molecular flexibility index (Phi) is 6.57. The molecule has 0 aliphatic heterocycles. The number of nitrogens with zero attached hydrogens (tertiary/aromatic N) is 2. The van der Waals surface area contributed by atoms with Crippen LogP contribution in [0.1, 0.15) is 18.5 Å². The van der Waals surface area contributed by atoms with Gasteiger partial charge in [0.1, 0.15) is 6.54 Å². The molecule has 2 rings (SSSR count). The van der Waals surface area contributed by atoms with Crippen molar-refractivity contribution in [2.24, 2.45) is 4.99 Å². The van der Waals surface area contributed by atoms with Crippen LogP contribution in [-0.2, 0) is 4.79 Å². The van der Waals surface area contributed by atoms with Crippen molar-refractivity contribution < 1.29 is 4.79 Å². The first-order valence-electron chi connectivity index (χ1n) is 8.36. The maximum atomic E-state index is 11.8. The maximum Gasteiger partial charge on any atom is 0.243 e. The number of benzene rings is 2. The van der Waals surface area contributed by atoms with Gasteiger partial charge in [-0.2, -0.15) is 0 Å². The molecule has 2 aromatic rings. The number of hydrogen-bond donors (Lipinski definition) is 2. The van der Waals surface area contributed by atoms with Gasteiger partial charge in [-0.05, 0) is 29.3 Å². The van der Waals surface area contributed by atoms with Crippen LogP contribution in [0.15, 0.2) is 60.1 Å². The first kappa shape index (κ1) is 18.5. The summed E-state index contributed by atoms with van der Waals surface area (Å²) in [7, 11) is 3.44. The largest absolute Gasteiger partial charge is 0.353 e. The Balaban J connectivity index is 2.13. The minimum atomic E-state index is -0.0435. The van der Waals surface area contributed by atoms with E-state index in [0.717, 1.165) is 5.56 Å². The lowest BCUT2D eigenvalue weighted by Gasteiger charge is -2.19. The summed E-state index contributed by atoms with van der Waals surface area (Å²) in [4.78, 5) is 17.7. The molecule has 0 spiro atoms. The molecule has 0 aliphatic rings. The van der Waals surface area contributed by atoms with Crippen molar-refractivity contribution >= 4 is 22.6 Å². The van der Waals surface area contributed by atoms with E-state index in [1.807, 2.05) is 12.1 Å². The summed E-state index contributed by atoms with van der Waals surface area (Å²) in [6, 6.07) is 14.7. The van der Waals surface area contributed by atoms with E-state index in [1.165, 1.54) is 15.7 Å².